The van der Waals surface area contributed by atoms with E-state index in [1.807, 2.05) is 6.07 Å². The minimum absolute atomic E-state index is 0.0405. The van der Waals surface area contributed by atoms with Crippen molar-refractivity contribution in [1.82, 2.24) is 0 Å². The van der Waals surface area contributed by atoms with Crippen LogP contribution in [0.4, 0.5) is 0 Å². The van der Waals surface area contributed by atoms with Crippen LogP contribution < -0.4 is 0 Å². The molecule has 2 rings (SSSR count). The zero-order valence-electron chi connectivity index (χ0n) is 7.21. The summed E-state index contributed by atoms with van der Waals surface area (Å²) in [5.41, 5.74) is 0.853. The number of hydrogen-bond acceptors (Lipinski definition) is 1. The molecule has 1 aromatic carbocycles. The van der Waals surface area contributed by atoms with Crippen LogP contribution in [-0.2, 0) is 4.79 Å². The summed E-state index contributed by atoms with van der Waals surface area (Å²) in [6.45, 7) is 0. The Morgan fingerprint density at radius 2 is 2.14 bits per heavy atom. The predicted molar refractivity (Wildman–Crippen MR) is 54.9 cm³/mol. The van der Waals surface area contributed by atoms with E-state index in [4.69, 9.17) is 28.3 Å². The first-order chi connectivity index (χ1) is 6.61. The molecule has 0 radical (unpaired) electrons. The van der Waals surface area contributed by atoms with Crippen LogP contribution in [0.1, 0.15) is 17.9 Å². The molecule has 0 aromatic heterocycles. The second-order valence-corrected chi connectivity index (χ2v) is 4.22. The van der Waals surface area contributed by atoms with E-state index in [-0.39, 0.29) is 11.8 Å². The summed E-state index contributed by atoms with van der Waals surface area (Å²) in [6, 6.07) is 5.33. The Morgan fingerprint density at radius 3 is 2.71 bits per heavy atom. The molecule has 0 unspecified atom stereocenters. The number of hydrogen-bond donors (Lipinski definition) is 1. The molecule has 2 nitrogen and oxygen atoms in total. The van der Waals surface area contributed by atoms with E-state index < -0.39 is 5.97 Å². The first-order valence-electron chi connectivity index (χ1n) is 4.28. The summed E-state index contributed by atoms with van der Waals surface area (Å²) < 4.78 is 0. The molecule has 1 N–H and O–H groups in total. The van der Waals surface area contributed by atoms with Crippen molar-refractivity contribution in [2.75, 3.05) is 0 Å². The Bertz CT molecular complexity index is 390. The summed E-state index contributed by atoms with van der Waals surface area (Å²) in [7, 11) is 0. The quantitative estimate of drug-likeness (QED) is 0.848. The zero-order valence-corrected chi connectivity index (χ0v) is 8.72. The third kappa shape index (κ3) is 1.60. The summed E-state index contributed by atoms with van der Waals surface area (Å²) in [5.74, 6) is -1.00. The first kappa shape index (κ1) is 9.81. The standard InChI is InChI=1S/C10H8Cl2O2/c11-8-3-1-2-5(9(8)12)6-4-7(6)10(13)14/h1-3,6-7H,4H2,(H,13,14)/t6-,7+/m0/s1. The summed E-state index contributed by atoms with van der Waals surface area (Å²) in [5, 5.41) is 9.74. The molecule has 0 spiro atoms. The molecule has 1 fully saturated rings. The Kier molecular flexibility index (Phi) is 2.41. The van der Waals surface area contributed by atoms with Gasteiger partial charge in [-0.25, -0.2) is 0 Å². The number of rotatable bonds is 2. The van der Waals surface area contributed by atoms with E-state index in [1.54, 1.807) is 12.1 Å². The minimum atomic E-state index is -0.758. The van der Waals surface area contributed by atoms with E-state index in [0.29, 0.717) is 16.5 Å². The fourth-order valence-corrected chi connectivity index (χ4v) is 2.07. The maximum Gasteiger partial charge on any atom is 0.307 e. The molecule has 0 bridgehead atoms. The Balaban J connectivity index is 2.27. The van der Waals surface area contributed by atoms with E-state index >= 15 is 0 Å². The lowest BCUT2D eigenvalue weighted by molar-refractivity contribution is -0.138. The van der Waals surface area contributed by atoms with Crippen molar-refractivity contribution in [2.45, 2.75) is 12.3 Å². The van der Waals surface area contributed by atoms with Gasteiger partial charge < -0.3 is 5.11 Å². The normalized spacial score (nSPS) is 24.7. The predicted octanol–water partition coefficient (Wildman–Crippen LogP) is 3.18. The second kappa shape index (κ2) is 3.44. The highest BCUT2D eigenvalue weighted by Crippen LogP contribution is 2.50. The lowest BCUT2D eigenvalue weighted by Gasteiger charge is -2.03. The molecule has 0 aliphatic heterocycles. The van der Waals surface area contributed by atoms with E-state index in [1.165, 1.54) is 0 Å². The van der Waals surface area contributed by atoms with Crippen LogP contribution >= 0.6 is 23.2 Å². The van der Waals surface area contributed by atoms with E-state index in [0.717, 1.165) is 5.56 Å². The topological polar surface area (TPSA) is 37.3 Å². The van der Waals surface area contributed by atoms with Gasteiger partial charge in [-0.3, -0.25) is 4.79 Å². The van der Waals surface area contributed by atoms with Crippen molar-refractivity contribution in [1.29, 1.82) is 0 Å². The molecule has 1 saturated carbocycles. The van der Waals surface area contributed by atoms with Gasteiger partial charge in [0.2, 0.25) is 0 Å². The maximum absolute atomic E-state index is 10.7. The molecule has 1 aromatic rings. The molecule has 14 heavy (non-hydrogen) atoms. The number of aliphatic carboxylic acids is 1. The van der Waals surface area contributed by atoms with Gasteiger partial charge in [0.15, 0.2) is 0 Å². The van der Waals surface area contributed by atoms with Crippen LogP contribution in [0.25, 0.3) is 0 Å². The number of carbonyl (C=O) groups is 1. The SMILES string of the molecule is O=C(O)[C@@H]1C[C@H]1c1cccc(Cl)c1Cl. The molecule has 4 heteroatoms. The summed E-state index contributed by atoms with van der Waals surface area (Å²) in [6.07, 6.45) is 0.662. The number of halogens is 2. The molecule has 0 heterocycles. The van der Waals surface area contributed by atoms with Crippen molar-refractivity contribution >= 4 is 29.2 Å². The van der Waals surface area contributed by atoms with Crippen LogP contribution in [0.5, 0.6) is 0 Å². The fraction of sp³-hybridized carbons (Fsp3) is 0.300. The Labute approximate surface area is 91.4 Å². The highest BCUT2D eigenvalue weighted by molar-refractivity contribution is 6.42. The third-order valence-electron chi connectivity index (χ3n) is 2.49. The van der Waals surface area contributed by atoms with Gasteiger partial charge in [0.25, 0.3) is 0 Å². The van der Waals surface area contributed by atoms with Gasteiger partial charge in [0.1, 0.15) is 0 Å². The Hall–Kier alpha value is -0.730. The van der Waals surface area contributed by atoms with Gasteiger partial charge in [0, 0.05) is 0 Å². The highest BCUT2D eigenvalue weighted by atomic mass is 35.5. The average molecular weight is 231 g/mol. The molecule has 1 aliphatic carbocycles. The van der Waals surface area contributed by atoms with Crippen LogP contribution in [0, 0.1) is 5.92 Å². The first-order valence-corrected chi connectivity index (χ1v) is 5.03. The maximum atomic E-state index is 10.7. The van der Waals surface area contributed by atoms with Gasteiger partial charge in [-0.05, 0) is 24.0 Å². The van der Waals surface area contributed by atoms with Crippen LogP contribution in [0.15, 0.2) is 18.2 Å². The fourth-order valence-electron chi connectivity index (χ4n) is 1.62. The second-order valence-electron chi connectivity index (χ2n) is 3.43. The van der Waals surface area contributed by atoms with E-state index in [9.17, 15) is 4.79 Å². The summed E-state index contributed by atoms with van der Waals surface area (Å²) >= 11 is 11.8. The van der Waals surface area contributed by atoms with Gasteiger partial charge in [-0.2, -0.15) is 0 Å². The molecule has 0 amide bonds. The molecule has 1 aliphatic rings. The van der Waals surface area contributed by atoms with E-state index in [2.05, 4.69) is 0 Å². The van der Waals surface area contributed by atoms with Crippen LogP contribution in [-0.4, -0.2) is 11.1 Å². The van der Waals surface area contributed by atoms with Crippen molar-refractivity contribution < 1.29 is 9.90 Å². The smallest absolute Gasteiger partial charge is 0.307 e. The largest absolute Gasteiger partial charge is 0.481 e. The Morgan fingerprint density at radius 1 is 1.43 bits per heavy atom. The molecular weight excluding hydrogens is 223 g/mol. The highest BCUT2D eigenvalue weighted by Gasteiger charge is 2.45. The molecule has 0 saturated heterocycles. The molecule has 2 atom stereocenters. The van der Waals surface area contributed by atoms with Crippen LogP contribution in [0.2, 0.25) is 10.0 Å². The summed E-state index contributed by atoms with van der Waals surface area (Å²) in [4.78, 5) is 10.7. The average Bonchev–Trinajstić information content (AvgIpc) is 2.89. The lowest BCUT2D eigenvalue weighted by atomic mass is 10.1. The number of carboxylic acid groups (broad SMARTS) is 1. The molecule has 74 valence electrons. The third-order valence-corrected chi connectivity index (χ3v) is 3.32. The number of benzene rings is 1. The van der Waals surface area contributed by atoms with Gasteiger partial charge >= 0.3 is 5.97 Å². The minimum Gasteiger partial charge on any atom is -0.481 e. The van der Waals surface area contributed by atoms with Gasteiger partial charge in [-0.15, -0.1) is 0 Å². The van der Waals surface area contributed by atoms with Gasteiger partial charge in [-0.1, -0.05) is 35.3 Å². The van der Waals surface area contributed by atoms with Crippen molar-refractivity contribution in [3.8, 4) is 0 Å². The van der Waals surface area contributed by atoms with Crippen molar-refractivity contribution in [3.05, 3.63) is 33.8 Å². The monoisotopic (exact) mass is 230 g/mol. The van der Waals surface area contributed by atoms with Crippen molar-refractivity contribution in [2.24, 2.45) is 5.92 Å². The molecular formula is C10H8Cl2O2. The van der Waals surface area contributed by atoms with Gasteiger partial charge in [0.05, 0.1) is 16.0 Å². The zero-order chi connectivity index (χ0) is 10.3. The number of carboxylic acids is 1. The van der Waals surface area contributed by atoms with Crippen molar-refractivity contribution in [3.63, 3.8) is 0 Å². The lowest BCUT2D eigenvalue weighted by Crippen LogP contribution is -1.99. The van der Waals surface area contributed by atoms with Crippen LogP contribution in [0.3, 0.4) is 0 Å².